The average Bonchev–Trinajstić information content (AvgIpc) is 2.62. The molecule has 0 aromatic heterocycles. The van der Waals surface area contributed by atoms with Gasteiger partial charge in [-0.2, -0.15) is 0 Å². The minimum atomic E-state index is -0.154. The largest absolute Gasteiger partial charge is 0.445 e. The summed E-state index contributed by atoms with van der Waals surface area (Å²) in [5.74, 6) is 0.789. The Morgan fingerprint density at radius 3 is 1.75 bits per heavy atom. The van der Waals surface area contributed by atoms with Crippen molar-refractivity contribution >= 4 is 6.09 Å². The van der Waals surface area contributed by atoms with Crippen LogP contribution in [-0.4, -0.2) is 30.7 Å². The lowest BCUT2D eigenvalue weighted by atomic mass is 9.71. The van der Waals surface area contributed by atoms with Gasteiger partial charge in [-0.05, 0) is 24.7 Å². The predicted molar refractivity (Wildman–Crippen MR) is 123 cm³/mol. The van der Waals surface area contributed by atoms with Crippen molar-refractivity contribution in [2.75, 3.05) is 13.6 Å². The molecule has 28 heavy (non-hydrogen) atoms. The van der Waals surface area contributed by atoms with E-state index in [-0.39, 0.29) is 17.6 Å². The minimum absolute atomic E-state index is 0.0117. The van der Waals surface area contributed by atoms with Crippen LogP contribution in [0, 0.1) is 17.3 Å². The molecular weight excluding hydrogens is 346 g/mol. The average molecular weight is 398 g/mol. The number of amides is 1. The number of rotatable bonds is 16. The SMILES string of the molecule is CCCCCCCC(C)(CCCCCC)C(OC(=O)N(C)CC(C)C)C(C)C. The second-order valence-electron chi connectivity index (χ2n) is 9.95. The van der Waals surface area contributed by atoms with E-state index in [2.05, 4.69) is 48.5 Å². The van der Waals surface area contributed by atoms with Crippen molar-refractivity contribution in [3.8, 4) is 0 Å². The molecule has 0 heterocycles. The standard InChI is InChI=1S/C25H51NO2/c1-9-11-13-15-17-19-25(7,18-16-14-12-10-2)23(22(5)6)28-24(27)26(8)20-21(3)4/h21-23H,9-20H2,1-8H3. The van der Waals surface area contributed by atoms with Crippen LogP contribution in [0.25, 0.3) is 0 Å². The van der Waals surface area contributed by atoms with Crippen molar-refractivity contribution in [3.63, 3.8) is 0 Å². The Kier molecular flexibility index (Phi) is 14.8. The number of hydrogen-bond acceptors (Lipinski definition) is 2. The predicted octanol–water partition coefficient (Wildman–Crippen LogP) is 8.07. The second-order valence-corrected chi connectivity index (χ2v) is 9.95. The fourth-order valence-corrected chi connectivity index (χ4v) is 4.40. The quantitative estimate of drug-likeness (QED) is 0.246. The molecule has 0 aliphatic carbocycles. The Morgan fingerprint density at radius 1 is 0.857 bits per heavy atom. The van der Waals surface area contributed by atoms with E-state index in [1.807, 2.05) is 7.05 Å². The highest BCUT2D eigenvalue weighted by molar-refractivity contribution is 5.67. The van der Waals surface area contributed by atoms with Gasteiger partial charge in [-0.3, -0.25) is 0 Å². The fraction of sp³-hybridized carbons (Fsp3) is 0.960. The van der Waals surface area contributed by atoms with Gasteiger partial charge < -0.3 is 9.64 Å². The van der Waals surface area contributed by atoms with Gasteiger partial charge in [0.1, 0.15) is 6.10 Å². The summed E-state index contributed by atoms with van der Waals surface area (Å²) in [5.41, 5.74) is 0.0719. The highest BCUT2D eigenvalue weighted by Crippen LogP contribution is 2.40. The van der Waals surface area contributed by atoms with Gasteiger partial charge in [-0.25, -0.2) is 4.79 Å². The van der Waals surface area contributed by atoms with Crippen LogP contribution in [0.5, 0.6) is 0 Å². The van der Waals surface area contributed by atoms with Crippen molar-refractivity contribution in [1.29, 1.82) is 0 Å². The number of nitrogens with zero attached hydrogens (tertiary/aromatic N) is 1. The highest BCUT2D eigenvalue weighted by Gasteiger charge is 2.38. The molecule has 0 fully saturated rings. The number of ether oxygens (including phenoxy) is 1. The number of carbonyl (C=O) groups excluding carboxylic acids is 1. The maximum atomic E-state index is 12.7. The Bertz CT molecular complexity index is 394. The van der Waals surface area contributed by atoms with E-state index in [1.165, 1.54) is 57.8 Å². The molecule has 2 unspecified atom stereocenters. The van der Waals surface area contributed by atoms with Crippen LogP contribution in [-0.2, 0) is 4.74 Å². The van der Waals surface area contributed by atoms with Crippen molar-refractivity contribution < 1.29 is 9.53 Å². The summed E-state index contributed by atoms with van der Waals surface area (Å²) in [6.07, 6.45) is 13.7. The molecule has 0 aromatic rings. The zero-order chi connectivity index (χ0) is 21.6. The summed E-state index contributed by atoms with van der Waals surface area (Å²) in [6.45, 7) is 16.3. The van der Waals surface area contributed by atoms with E-state index in [1.54, 1.807) is 4.90 Å². The van der Waals surface area contributed by atoms with E-state index >= 15 is 0 Å². The van der Waals surface area contributed by atoms with Gasteiger partial charge in [-0.15, -0.1) is 0 Å². The van der Waals surface area contributed by atoms with Gasteiger partial charge >= 0.3 is 6.09 Å². The molecule has 168 valence electrons. The van der Waals surface area contributed by atoms with Gasteiger partial charge in [0.25, 0.3) is 0 Å². The summed E-state index contributed by atoms with van der Waals surface area (Å²) in [7, 11) is 1.86. The molecule has 0 bridgehead atoms. The molecule has 3 heteroatoms. The monoisotopic (exact) mass is 397 g/mol. The molecule has 0 aliphatic heterocycles. The summed E-state index contributed by atoms with van der Waals surface area (Å²) >= 11 is 0. The number of hydrogen-bond donors (Lipinski definition) is 0. The third-order valence-electron chi connectivity index (χ3n) is 5.92. The van der Waals surface area contributed by atoms with Gasteiger partial charge in [0.2, 0.25) is 0 Å². The normalized spacial score (nSPS) is 14.9. The van der Waals surface area contributed by atoms with Crippen molar-refractivity contribution in [2.45, 2.75) is 125 Å². The second kappa shape index (κ2) is 15.2. The lowest BCUT2D eigenvalue weighted by molar-refractivity contribution is -0.0385. The van der Waals surface area contributed by atoms with Gasteiger partial charge in [0, 0.05) is 19.0 Å². The molecule has 0 N–H and O–H groups in total. The van der Waals surface area contributed by atoms with Crippen LogP contribution in [0.2, 0.25) is 0 Å². The first-order valence-corrected chi connectivity index (χ1v) is 12.1. The summed E-state index contributed by atoms with van der Waals surface area (Å²) in [4.78, 5) is 14.5. The summed E-state index contributed by atoms with van der Waals surface area (Å²) in [5, 5.41) is 0. The molecule has 0 rings (SSSR count). The molecule has 2 atom stereocenters. The molecule has 0 saturated heterocycles. The number of carbonyl (C=O) groups is 1. The molecule has 0 spiro atoms. The topological polar surface area (TPSA) is 29.5 Å². The van der Waals surface area contributed by atoms with E-state index in [0.717, 1.165) is 19.4 Å². The number of unbranched alkanes of at least 4 members (excludes halogenated alkanes) is 7. The molecular formula is C25H51NO2. The first-order valence-electron chi connectivity index (χ1n) is 12.1. The third kappa shape index (κ3) is 11.3. The van der Waals surface area contributed by atoms with Gasteiger partial charge in [-0.1, -0.05) is 106 Å². The van der Waals surface area contributed by atoms with E-state index < -0.39 is 0 Å². The molecule has 0 radical (unpaired) electrons. The highest BCUT2D eigenvalue weighted by atomic mass is 16.6. The Balaban J connectivity index is 5.11. The van der Waals surface area contributed by atoms with Crippen molar-refractivity contribution in [2.24, 2.45) is 17.3 Å². The zero-order valence-electron chi connectivity index (χ0n) is 20.5. The Labute approximate surface area is 177 Å². The fourth-order valence-electron chi connectivity index (χ4n) is 4.40. The molecule has 3 nitrogen and oxygen atoms in total. The third-order valence-corrected chi connectivity index (χ3v) is 5.92. The summed E-state index contributed by atoms with van der Waals surface area (Å²) in [6, 6.07) is 0. The molecule has 0 saturated carbocycles. The smallest absolute Gasteiger partial charge is 0.409 e. The van der Waals surface area contributed by atoms with E-state index in [4.69, 9.17) is 4.74 Å². The van der Waals surface area contributed by atoms with Crippen LogP contribution in [0.3, 0.4) is 0 Å². The minimum Gasteiger partial charge on any atom is -0.445 e. The van der Waals surface area contributed by atoms with Crippen molar-refractivity contribution in [1.82, 2.24) is 4.90 Å². The van der Waals surface area contributed by atoms with Crippen LogP contribution >= 0.6 is 0 Å². The molecule has 0 aliphatic rings. The van der Waals surface area contributed by atoms with Gasteiger partial charge in [0.15, 0.2) is 0 Å². The maximum absolute atomic E-state index is 12.7. The van der Waals surface area contributed by atoms with Crippen LogP contribution in [0.4, 0.5) is 4.79 Å². The first-order chi connectivity index (χ1) is 13.2. The first kappa shape index (κ1) is 27.3. The van der Waals surface area contributed by atoms with E-state index in [9.17, 15) is 4.79 Å². The maximum Gasteiger partial charge on any atom is 0.409 e. The lowest BCUT2D eigenvalue weighted by Crippen LogP contribution is -2.43. The van der Waals surface area contributed by atoms with Crippen LogP contribution in [0.1, 0.15) is 119 Å². The van der Waals surface area contributed by atoms with E-state index in [0.29, 0.717) is 11.8 Å². The van der Waals surface area contributed by atoms with Crippen LogP contribution in [0.15, 0.2) is 0 Å². The van der Waals surface area contributed by atoms with Gasteiger partial charge in [0.05, 0.1) is 0 Å². The molecule has 0 aromatic carbocycles. The Hall–Kier alpha value is -0.730. The molecule has 1 amide bonds. The summed E-state index contributed by atoms with van der Waals surface area (Å²) < 4.78 is 6.16. The van der Waals surface area contributed by atoms with Crippen molar-refractivity contribution in [3.05, 3.63) is 0 Å². The zero-order valence-corrected chi connectivity index (χ0v) is 20.5. The van der Waals surface area contributed by atoms with Crippen LogP contribution < -0.4 is 0 Å². The Morgan fingerprint density at radius 2 is 1.32 bits per heavy atom. The lowest BCUT2D eigenvalue weighted by Gasteiger charge is -2.40.